The standard InChI is InChI=1S/C9H15ClN4OS/c1-7(6-14-2-4-15-5-3-14)11-9-8(10)12-16-13-9/h7H,2-6H2,1H3,(H,11,13). The molecule has 1 aromatic heterocycles. The van der Waals surface area contributed by atoms with Crippen molar-refractivity contribution in [2.75, 3.05) is 38.2 Å². The van der Waals surface area contributed by atoms with Crippen LogP contribution >= 0.6 is 23.3 Å². The van der Waals surface area contributed by atoms with Crippen LogP contribution in [0, 0.1) is 0 Å². The fourth-order valence-electron chi connectivity index (χ4n) is 1.71. The molecule has 0 spiro atoms. The number of hydrogen-bond acceptors (Lipinski definition) is 6. The van der Waals surface area contributed by atoms with Crippen LogP contribution in [0.3, 0.4) is 0 Å². The number of morpholine rings is 1. The van der Waals surface area contributed by atoms with Gasteiger partial charge in [-0.05, 0) is 6.92 Å². The van der Waals surface area contributed by atoms with Crippen LogP contribution in [0.25, 0.3) is 0 Å². The summed E-state index contributed by atoms with van der Waals surface area (Å²) in [5, 5.41) is 3.72. The summed E-state index contributed by atoms with van der Waals surface area (Å²) in [6, 6.07) is 0.305. The predicted octanol–water partition coefficient (Wildman–Crippen LogP) is 1.32. The molecule has 0 aromatic carbocycles. The Labute approximate surface area is 104 Å². The van der Waals surface area contributed by atoms with Crippen molar-refractivity contribution >= 4 is 29.1 Å². The van der Waals surface area contributed by atoms with Gasteiger partial charge in [0.15, 0.2) is 11.0 Å². The van der Waals surface area contributed by atoms with Crippen LogP contribution in [0.15, 0.2) is 0 Å². The third-order valence-electron chi connectivity index (χ3n) is 2.47. The van der Waals surface area contributed by atoms with Crippen LogP contribution in [-0.4, -0.2) is 52.5 Å². The Balaban J connectivity index is 1.79. The Morgan fingerprint density at radius 3 is 2.88 bits per heavy atom. The molecule has 0 amide bonds. The molecule has 1 aliphatic heterocycles. The lowest BCUT2D eigenvalue weighted by Gasteiger charge is -2.29. The van der Waals surface area contributed by atoms with Crippen molar-refractivity contribution in [2.45, 2.75) is 13.0 Å². The molecular formula is C9H15ClN4OS. The highest BCUT2D eigenvalue weighted by Gasteiger charge is 2.15. The van der Waals surface area contributed by atoms with Gasteiger partial charge in [0.05, 0.1) is 24.9 Å². The van der Waals surface area contributed by atoms with E-state index in [1.807, 2.05) is 0 Å². The molecule has 1 aliphatic rings. The van der Waals surface area contributed by atoms with E-state index in [0.717, 1.165) is 44.6 Å². The summed E-state index contributed by atoms with van der Waals surface area (Å²) >= 11 is 6.99. The molecule has 0 aliphatic carbocycles. The molecule has 0 radical (unpaired) electrons. The zero-order valence-electron chi connectivity index (χ0n) is 9.15. The lowest BCUT2D eigenvalue weighted by Crippen LogP contribution is -2.42. The van der Waals surface area contributed by atoms with Crippen molar-refractivity contribution in [2.24, 2.45) is 0 Å². The van der Waals surface area contributed by atoms with Crippen molar-refractivity contribution in [3.63, 3.8) is 0 Å². The number of nitrogens with one attached hydrogen (secondary N) is 1. The second-order valence-corrected chi connectivity index (χ2v) is 4.75. The zero-order chi connectivity index (χ0) is 11.4. The van der Waals surface area contributed by atoms with Gasteiger partial charge in [0.1, 0.15) is 0 Å². The van der Waals surface area contributed by atoms with E-state index in [2.05, 4.69) is 25.9 Å². The first kappa shape index (κ1) is 12.0. The maximum Gasteiger partial charge on any atom is 0.186 e. The summed E-state index contributed by atoms with van der Waals surface area (Å²) < 4.78 is 13.3. The highest BCUT2D eigenvalue weighted by molar-refractivity contribution is 6.99. The fourth-order valence-corrected chi connectivity index (χ4v) is 2.37. The molecule has 1 saturated heterocycles. The molecule has 5 nitrogen and oxygen atoms in total. The highest BCUT2D eigenvalue weighted by atomic mass is 35.5. The van der Waals surface area contributed by atoms with Gasteiger partial charge in [-0.1, -0.05) is 11.6 Å². The second kappa shape index (κ2) is 5.77. The molecule has 0 bridgehead atoms. The molecule has 1 N–H and O–H groups in total. The Kier molecular flexibility index (Phi) is 4.34. The lowest BCUT2D eigenvalue weighted by molar-refractivity contribution is 0.0368. The molecular weight excluding hydrogens is 248 g/mol. The van der Waals surface area contributed by atoms with Crippen LogP contribution in [0.4, 0.5) is 5.82 Å². The Bertz CT molecular complexity index is 329. The van der Waals surface area contributed by atoms with Gasteiger partial charge >= 0.3 is 0 Å². The zero-order valence-corrected chi connectivity index (χ0v) is 10.7. The number of rotatable bonds is 4. The maximum absolute atomic E-state index is 5.87. The average Bonchev–Trinajstić information content (AvgIpc) is 2.66. The Morgan fingerprint density at radius 2 is 2.25 bits per heavy atom. The highest BCUT2D eigenvalue weighted by Crippen LogP contribution is 2.18. The predicted molar refractivity (Wildman–Crippen MR) is 65.3 cm³/mol. The number of halogens is 1. The first-order valence-electron chi connectivity index (χ1n) is 5.30. The minimum Gasteiger partial charge on any atom is -0.379 e. The van der Waals surface area contributed by atoms with Crippen LogP contribution in [0.5, 0.6) is 0 Å². The summed E-state index contributed by atoms with van der Waals surface area (Å²) in [6.07, 6.45) is 0. The third-order valence-corrected chi connectivity index (χ3v) is 3.36. The second-order valence-electron chi connectivity index (χ2n) is 3.86. The number of nitrogens with zero attached hydrogens (tertiary/aromatic N) is 3. The van der Waals surface area contributed by atoms with Crippen LogP contribution in [0.2, 0.25) is 5.15 Å². The Morgan fingerprint density at radius 1 is 1.50 bits per heavy atom. The monoisotopic (exact) mass is 262 g/mol. The van der Waals surface area contributed by atoms with Crippen molar-refractivity contribution in [1.29, 1.82) is 0 Å². The van der Waals surface area contributed by atoms with Gasteiger partial charge in [0.25, 0.3) is 0 Å². The molecule has 2 rings (SSSR count). The molecule has 7 heteroatoms. The van der Waals surface area contributed by atoms with Crippen molar-refractivity contribution in [1.82, 2.24) is 13.6 Å². The smallest absolute Gasteiger partial charge is 0.186 e. The minimum atomic E-state index is 0.305. The van der Waals surface area contributed by atoms with Crippen molar-refractivity contribution in [3.05, 3.63) is 5.15 Å². The lowest BCUT2D eigenvalue weighted by atomic mass is 10.3. The average molecular weight is 263 g/mol. The summed E-state index contributed by atoms with van der Waals surface area (Å²) in [5.41, 5.74) is 0. The largest absolute Gasteiger partial charge is 0.379 e. The van der Waals surface area contributed by atoms with Gasteiger partial charge < -0.3 is 10.1 Å². The molecule has 90 valence electrons. The van der Waals surface area contributed by atoms with Crippen molar-refractivity contribution in [3.8, 4) is 0 Å². The van der Waals surface area contributed by atoms with Gasteiger partial charge in [-0.3, -0.25) is 4.90 Å². The van der Waals surface area contributed by atoms with E-state index in [4.69, 9.17) is 16.3 Å². The summed E-state index contributed by atoms with van der Waals surface area (Å²) in [7, 11) is 0. The first-order valence-corrected chi connectivity index (χ1v) is 6.41. The SMILES string of the molecule is CC(CN1CCOCC1)Nc1nsnc1Cl. The Hall–Kier alpha value is -0.430. The third kappa shape index (κ3) is 3.28. The molecule has 1 fully saturated rings. The van der Waals surface area contributed by atoms with E-state index in [1.165, 1.54) is 0 Å². The van der Waals surface area contributed by atoms with Gasteiger partial charge in [-0.25, -0.2) is 0 Å². The quantitative estimate of drug-likeness (QED) is 0.887. The topological polar surface area (TPSA) is 50.3 Å². The van der Waals surface area contributed by atoms with Gasteiger partial charge in [0, 0.05) is 25.7 Å². The number of ether oxygens (including phenoxy) is 1. The van der Waals surface area contributed by atoms with E-state index in [0.29, 0.717) is 17.0 Å². The first-order chi connectivity index (χ1) is 7.75. The van der Waals surface area contributed by atoms with E-state index in [-0.39, 0.29) is 0 Å². The van der Waals surface area contributed by atoms with E-state index >= 15 is 0 Å². The van der Waals surface area contributed by atoms with Crippen LogP contribution < -0.4 is 5.32 Å². The number of anilines is 1. The molecule has 0 saturated carbocycles. The summed E-state index contributed by atoms with van der Waals surface area (Å²) in [6.45, 7) is 6.73. The van der Waals surface area contributed by atoms with Gasteiger partial charge in [0.2, 0.25) is 0 Å². The van der Waals surface area contributed by atoms with Crippen LogP contribution in [0.1, 0.15) is 6.92 Å². The van der Waals surface area contributed by atoms with E-state index < -0.39 is 0 Å². The number of hydrogen-bond donors (Lipinski definition) is 1. The van der Waals surface area contributed by atoms with Gasteiger partial charge in [-0.2, -0.15) is 8.75 Å². The normalized spacial score (nSPS) is 19.6. The van der Waals surface area contributed by atoms with E-state index in [1.54, 1.807) is 0 Å². The molecule has 1 aromatic rings. The molecule has 2 heterocycles. The summed E-state index contributed by atoms with van der Waals surface area (Å²) in [4.78, 5) is 2.37. The molecule has 16 heavy (non-hydrogen) atoms. The summed E-state index contributed by atoms with van der Waals surface area (Å²) in [5.74, 6) is 0.687. The van der Waals surface area contributed by atoms with Crippen molar-refractivity contribution < 1.29 is 4.74 Å². The minimum absolute atomic E-state index is 0.305. The number of aromatic nitrogens is 2. The van der Waals surface area contributed by atoms with Crippen LogP contribution in [-0.2, 0) is 4.74 Å². The molecule has 1 unspecified atom stereocenters. The van der Waals surface area contributed by atoms with E-state index in [9.17, 15) is 0 Å². The molecule has 1 atom stereocenters. The fraction of sp³-hybridized carbons (Fsp3) is 0.778. The maximum atomic E-state index is 5.87. The van der Waals surface area contributed by atoms with Gasteiger partial charge in [-0.15, -0.1) is 0 Å².